The summed E-state index contributed by atoms with van der Waals surface area (Å²) in [5.74, 6) is -2.23. The standard InChI is InChI=1S/C36H38N4O6/c1-8-23-17(2)26-13-27-18(3)24(9-11-34(42)43)31(38-27)16-32-25(10-12-35(44)45)19(4)28(39-32)15-33-36(21(6)46-22(7)41)20(5)29(40-33)14-30(23)37-26/h8,13-16,21,37,40H,1,9-12H2,2-7H3,(H,42,43)(H,44,45). The maximum Gasteiger partial charge on any atom is 0.303 e. The van der Waals surface area contributed by atoms with Crippen molar-refractivity contribution in [2.24, 2.45) is 0 Å². The first-order valence-corrected chi connectivity index (χ1v) is 15.2. The second kappa shape index (κ2) is 12.6. The highest BCUT2D eigenvalue weighted by molar-refractivity contribution is 5.96. The van der Waals surface area contributed by atoms with Crippen molar-refractivity contribution in [3.05, 3.63) is 75.9 Å². The molecule has 3 aromatic rings. The third kappa shape index (κ3) is 6.15. The zero-order chi connectivity index (χ0) is 33.4. The molecular weight excluding hydrogens is 584 g/mol. The number of carbonyl (C=O) groups excluding carboxylic acids is 1. The molecule has 5 heterocycles. The number of aryl methyl sites for hydroxylation is 2. The number of carbonyl (C=O) groups is 3. The molecule has 0 radical (unpaired) electrons. The lowest BCUT2D eigenvalue weighted by Crippen LogP contribution is -2.05. The number of hydrogen-bond donors (Lipinski definition) is 4. The number of aromatic nitrogens is 4. The summed E-state index contributed by atoms with van der Waals surface area (Å²) in [4.78, 5) is 52.1. The summed E-state index contributed by atoms with van der Waals surface area (Å²) in [6.45, 7) is 15.1. The number of aliphatic carboxylic acids is 2. The Labute approximate surface area is 266 Å². The van der Waals surface area contributed by atoms with Crippen molar-refractivity contribution in [3.8, 4) is 0 Å². The minimum absolute atomic E-state index is 0.0655. The lowest BCUT2D eigenvalue weighted by atomic mass is 9.98. The lowest BCUT2D eigenvalue weighted by molar-refractivity contribution is -0.145. The maximum atomic E-state index is 12.0. The number of rotatable bonds is 9. The van der Waals surface area contributed by atoms with Crippen molar-refractivity contribution < 1.29 is 29.3 Å². The average molecular weight is 623 g/mol. The van der Waals surface area contributed by atoms with Crippen LogP contribution in [0.25, 0.3) is 50.4 Å². The van der Waals surface area contributed by atoms with Gasteiger partial charge in [-0.2, -0.15) is 0 Å². The first-order valence-electron chi connectivity index (χ1n) is 15.2. The molecule has 0 aromatic carbocycles. The lowest BCUT2D eigenvalue weighted by Gasteiger charge is -2.12. The molecule has 8 bridgehead atoms. The SMILES string of the molecule is C=Cc1c(C)c2cc3nc(cc4nc(cc5[nH]c(cc1[nH]2)c(C)c5C(C)OC(C)=O)C(C)=C4CCC(=O)O)C(CCC(=O)O)=C3C. The van der Waals surface area contributed by atoms with Crippen LogP contribution in [0, 0.1) is 13.8 Å². The minimum atomic E-state index is -0.922. The average Bonchev–Trinajstić information content (AvgIpc) is 3.63. The number of esters is 1. The predicted octanol–water partition coefficient (Wildman–Crippen LogP) is 7.79. The van der Waals surface area contributed by atoms with Crippen LogP contribution in [-0.2, 0) is 19.1 Å². The van der Waals surface area contributed by atoms with E-state index in [1.165, 1.54) is 6.92 Å². The van der Waals surface area contributed by atoms with Crippen molar-refractivity contribution in [2.45, 2.75) is 73.3 Å². The van der Waals surface area contributed by atoms with Gasteiger partial charge in [0.2, 0.25) is 0 Å². The van der Waals surface area contributed by atoms with Gasteiger partial charge in [-0.15, -0.1) is 0 Å². The summed E-state index contributed by atoms with van der Waals surface area (Å²) in [5, 5.41) is 19.0. The molecule has 0 amide bonds. The van der Waals surface area contributed by atoms with E-state index in [4.69, 9.17) is 14.7 Å². The highest BCUT2D eigenvalue weighted by atomic mass is 16.5. The minimum Gasteiger partial charge on any atom is -0.481 e. The zero-order valence-corrected chi connectivity index (χ0v) is 26.9. The Kier molecular flexibility index (Phi) is 8.83. The number of aromatic amines is 2. The number of nitrogens with one attached hydrogen (secondary N) is 2. The van der Waals surface area contributed by atoms with E-state index in [9.17, 15) is 24.6 Å². The Morgan fingerprint density at radius 2 is 1.28 bits per heavy atom. The van der Waals surface area contributed by atoms with Gasteiger partial charge < -0.3 is 24.9 Å². The summed E-state index contributed by atoms with van der Waals surface area (Å²) in [6, 6.07) is 7.69. The van der Waals surface area contributed by atoms with E-state index in [2.05, 4.69) is 16.5 Å². The van der Waals surface area contributed by atoms with Gasteiger partial charge in [-0.05, 0) is 105 Å². The maximum absolute atomic E-state index is 12.0. The van der Waals surface area contributed by atoms with E-state index in [-0.39, 0.29) is 25.7 Å². The number of allylic oxidation sites excluding steroid dienone is 4. The molecule has 1 atom stereocenters. The van der Waals surface area contributed by atoms with Crippen LogP contribution < -0.4 is 0 Å². The largest absolute Gasteiger partial charge is 0.481 e. The summed E-state index contributed by atoms with van der Waals surface area (Å²) in [5.41, 5.74) is 12.6. The summed E-state index contributed by atoms with van der Waals surface area (Å²) < 4.78 is 5.63. The monoisotopic (exact) mass is 622 g/mol. The molecule has 0 fully saturated rings. The third-order valence-electron chi connectivity index (χ3n) is 8.76. The van der Waals surface area contributed by atoms with Crippen LogP contribution in [0.3, 0.4) is 0 Å². The van der Waals surface area contributed by atoms with Crippen molar-refractivity contribution in [1.82, 2.24) is 19.9 Å². The van der Waals surface area contributed by atoms with Gasteiger partial charge in [0, 0.05) is 53.0 Å². The molecule has 46 heavy (non-hydrogen) atoms. The van der Waals surface area contributed by atoms with Crippen LogP contribution in [-0.4, -0.2) is 48.1 Å². The Bertz CT molecular complexity index is 2040. The zero-order valence-electron chi connectivity index (χ0n) is 26.9. The summed E-state index contributed by atoms with van der Waals surface area (Å²) in [7, 11) is 0. The fourth-order valence-corrected chi connectivity index (χ4v) is 6.34. The predicted molar refractivity (Wildman–Crippen MR) is 179 cm³/mol. The molecule has 2 aliphatic rings. The molecule has 0 saturated heterocycles. The molecule has 10 heteroatoms. The highest BCUT2D eigenvalue weighted by Gasteiger charge is 2.24. The van der Waals surface area contributed by atoms with E-state index < -0.39 is 24.0 Å². The van der Waals surface area contributed by atoms with Gasteiger partial charge in [0.05, 0.1) is 22.8 Å². The molecule has 1 unspecified atom stereocenters. The molecule has 4 N–H and O–H groups in total. The summed E-state index contributed by atoms with van der Waals surface area (Å²) in [6.07, 6.45) is 1.63. The normalized spacial score (nSPS) is 13.6. The fourth-order valence-electron chi connectivity index (χ4n) is 6.34. The molecule has 0 aliphatic carbocycles. The van der Waals surface area contributed by atoms with Gasteiger partial charge in [-0.1, -0.05) is 12.7 Å². The van der Waals surface area contributed by atoms with Gasteiger partial charge in [-0.25, -0.2) is 9.97 Å². The highest BCUT2D eigenvalue weighted by Crippen LogP contribution is 2.38. The number of ether oxygens (including phenoxy) is 1. The van der Waals surface area contributed by atoms with Crippen LogP contribution in [0.2, 0.25) is 0 Å². The molecule has 0 spiro atoms. The first-order chi connectivity index (χ1) is 21.8. The molecular formula is C36H38N4O6. The van der Waals surface area contributed by atoms with E-state index in [1.54, 1.807) is 6.08 Å². The number of fused-ring (bicyclic) bond motifs is 8. The molecule has 10 nitrogen and oxygen atoms in total. The van der Waals surface area contributed by atoms with Gasteiger partial charge >= 0.3 is 17.9 Å². The number of carboxylic acids is 2. The van der Waals surface area contributed by atoms with E-state index >= 15 is 0 Å². The molecule has 0 saturated carbocycles. The molecule has 238 valence electrons. The number of H-pyrrole nitrogens is 2. The van der Waals surface area contributed by atoms with Crippen LogP contribution in [0.5, 0.6) is 0 Å². The van der Waals surface area contributed by atoms with Crippen LogP contribution >= 0.6 is 0 Å². The Hall–Kier alpha value is -5.25. The van der Waals surface area contributed by atoms with E-state index in [0.29, 0.717) is 28.3 Å². The van der Waals surface area contributed by atoms with Crippen LogP contribution in [0.4, 0.5) is 0 Å². The second-order valence-electron chi connectivity index (χ2n) is 11.8. The fraction of sp³-hybridized carbons (Fsp3) is 0.306. The third-order valence-corrected chi connectivity index (χ3v) is 8.76. The Morgan fingerprint density at radius 1 is 0.783 bits per heavy atom. The van der Waals surface area contributed by atoms with Crippen LogP contribution in [0.15, 0.2) is 30.8 Å². The smallest absolute Gasteiger partial charge is 0.303 e. The van der Waals surface area contributed by atoms with Gasteiger partial charge in [0.25, 0.3) is 0 Å². The van der Waals surface area contributed by atoms with Crippen LogP contribution in [0.1, 0.15) is 105 Å². The second-order valence-corrected chi connectivity index (χ2v) is 11.8. The van der Waals surface area contributed by atoms with Gasteiger partial charge in [0.1, 0.15) is 6.10 Å². The van der Waals surface area contributed by atoms with Crippen molar-refractivity contribution in [3.63, 3.8) is 0 Å². The molecule has 2 aliphatic heterocycles. The van der Waals surface area contributed by atoms with Gasteiger partial charge in [0.15, 0.2) is 0 Å². The van der Waals surface area contributed by atoms with Crippen molar-refractivity contribution in [1.29, 1.82) is 0 Å². The molecule has 5 rings (SSSR count). The first kappa shape index (κ1) is 32.2. The van der Waals surface area contributed by atoms with Crippen molar-refractivity contribution in [2.75, 3.05) is 0 Å². The van der Waals surface area contributed by atoms with E-state index in [0.717, 1.165) is 61.1 Å². The number of carboxylic acid groups (broad SMARTS) is 2. The Balaban J connectivity index is 1.94. The topological polar surface area (TPSA) is 158 Å². The summed E-state index contributed by atoms with van der Waals surface area (Å²) >= 11 is 0. The van der Waals surface area contributed by atoms with E-state index in [1.807, 2.05) is 58.9 Å². The molecule has 3 aromatic heterocycles. The number of nitrogens with zero attached hydrogens (tertiary/aromatic N) is 2. The quantitative estimate of drug-likeness (QED) is 0.176. The Morgan fingerprint density at radius 3 is 1.78 bits per heavy atom. The van der Waals surface area contributed by atoms with Gasteiger partial charge in [-0.3, -0.25) is 14.4 Å². The van der Waals surface area contributed by atoms with Crippen molar-refractivity contribution >= 4 is 68.3 Å². The number of hydrogen-bond acceptors (Lipinski definition) is 6.